The van der Waals surface area contributed by atoms with Gasteiger partial charge >= 0.3 is 0 Å². The van der Waals surface area contributed by atoms with Crippen molar-refractivity contribution in [1.82, 2.24) is 10.3 Å². The number of amides is 1. The Balaban J connectivity index is 1.56. The topological polar surface area (TPSA) is 42.0 Å². The van der Waals surface area contributed by atoms with Crippen LogP contribution in [0, 0.1) is 6.92 Å². The van der Waals surface area contributed by atoms with E-state index in [0.29, 0.717) is 12.1 Å². The number of aryl methyl sites for hydroxylation is 1. The van der Waals surface area contributed by atoms with Crippen LogP contribution in [0.5, 0.6) is 0 Å². The van der Waals surface area contributed by atoms with Crippen LogP contribution in [0.1, 0.15) is 21.6 Å². The van der Waals surface area contributed by atoms with Gasteiger partial charge < -0.3 is 5.32 Å². The molecule has 2 aromatic carbocycles. The van der Waals surface area contributed by atoms with Crippen molar-refractivity contribution in [2.45, 2.75) is 13.3 Å². The highest BCUT2D eigenvalue weighted by molar-refractivity contribution is 9.10. The van der Waals surface area contributed by atoms with Crippen molar-refractivity contribution in [1.29, 1.82) is 0 Å². The Hall–Kier alpha value is -1.98. The number of carbonyl (C=O) groups is 1. The lowest BCUT2D eigenvalue weighted by atomic mass is 10.2. The summed E-state index contributed by atoms with van der Waals surface area (Å²) in [7, 11) is 0. The molecule has 122 valence electrons. The van der Waals surface area contributed by atoms with Gasteiger partial charge in [-0.3, -0.25) is 4.79 Å². The van der Waals surface area contributed by atoms with Gasteiger partial charge in [-0.25, -0.2) is 4.98 Å². The molecule has 24 heavy (non-hydrogen) atoms. The van der Waals surface area contributed by atoms with Crippen LogP contribution < -0.4 is 5.32 Å². The normalized spacial score (nSPS) is 10.6. The van der Waals surface area contributed by atoms with Crippen LogP contribution in [0.25, 0.3) is 10.6 Å². The summed E-state index contributed by atoms with van der Waals surface area (Å²) < 4.78 is 0.900. The summed E-state index contributed by atoms with van der Waals surface area (Å²) in [5.41, 5.74) is 4.04. The van der Waals surface area contributed by atoms with E-state index in [0.717, 1.165) is 27.2 Å². The summed E-state index contributed by atoms with van der Waals surface area (Å²) in [6.45, 7) is 2.65. The summed E-state index contributed by atoms with van der Waals surface area (Å²) in [5, 5.41) is 6.01. The van der Waals surface area contributed by atoms with Gasteiger partial charge in [-0.05, 0) is 25.1 Å². The molecule has 0 saturated heterocycles. The lowest BCUT2D eigenvalue weighted by Crippen LogP contribution is -2.25. The van der Waals surface area contributed by atoms with E-state index < -0.39 is 0 Å². The Morgan fingerprint density at radius 3 is 2.75 bits per heavy atom. The number of nitrogens with one attached hydrogen (secondary N) is 1. The molecule has 0 aliphatic heterocycles. The number of rotatable bonds is 5. The fraction of sp³-hybridized carbons (Fsp3) is 0.158. The molecule has 0 saturated carbocycles. The number of aromatic nitrogens is 1. The highest BCUT2D eigenvalue weighted by Crippen LogP contribution is 2.24. The van der Waals surface area contributed by atoms with Crippen LogP contribution in [0.2, 0.25) is 0 Å². The Morgan fingerprint density at radius 2 is 2.00 bits per heavy atom. The molecule has 0 spiro atoms. The first-order valence-corrected chi connectivity index (χ1v) is 9.34. The lowest BCUT2D eigenvalue weighted by Gasteiger charge is -2.04. The predicted octanol–water partition coefficient (Wildman–Crippen LogP) is 4.85. The number of carbonyl (C=O) groups excluding carboxylic acids is 1. The second kappa shape index (κ2) is 7.73. The molecule has 1 heterocycles. The molecule has 3 rings (SSSR count). The van der Waals surface area contributed by atoms with Gasteiger partial charge in [0.15, 0.2) is 0 Å². The minimum atomic E-state index is -0.0645. The van der Waals surface area contributed by atoms with E-state index in [9.17, 15) is 4.79 Å². The van der Waals surface area contributed by atoms with Crippen molar-refractivity contribution in [2.24, 2.45) is 0 Å². The molecule has 5 heteroatoms. The van der Waals surface area contributed by atoms with Crippen LogP contribution in [0.15, 0.2) is 58.4 Å². The molecule has 0 atom stereocenters. The number of hydrogen-bond acceptors (Lipinski definition) is 3. The first-order valence-electron chi connectivity index (χ1n) is 7.67. The van der Waals surface area contributed by atoms with Crippen molar-refractivity contribution in [3.8, 4) is 10.6 Å². The molecule has 1 N–H and O–H groups in total. The summed E-state index contributed by atoms with van der Waals surface area (Å²) in [5.74, 6) is -0.0645. The maximum atomic E-state index is 12.1. The average molecular weight is 401 g/mol. The van der Waals surface area contributed by atoms with Gasteiger partial charge in [0.05, 0.1) is 5.69 Å². The molecule has 0 unspecified atom stereocenters. The zero-order valence-corrected chi connectivity index (χ0v) is 15.7. The van der Waals surface area contributed by atoms with Crippen molar-refractivity contribution in [3.63, 3.8) is 0 Å². The molecule has 0 aliphatic carbocycles. The molecule has 0 fully saturated rings. The van der Waals surface area contributed by atoms with E-state index in [2.05, 4.69) is 62.8 Å². The number of benzene rings is 2. The van der Waals surface area contributed by atoms with Crippen molar-refractivity contribution in [3.05, 3.63) is 75.2 Å². The second-order valence-electron chi connectivity index (χ2n) is 5.53. The standard InChI is InChI=1S/C19H17BrN2OS/c1-13-5-7-14(8-6-13)19-22-17(12-24-19)9-10-21-18(23)15-3-2-4-16(20)11-15/h2-8,11-12H,9-10H2,1H3,(H,21,23). The summed E-state index contributed by atoms with van der Waals surface area (Å²) in [4.78, 5) is 16.7. The molecular weight excluding hydrogens is 384 g/mol. The molecule has 1 aromatic heterocycles. The molecule has 3 aromatic rings. The Kier molecular flexibility index (Phi) is 5.43. The molecule has 3 nitrogen and oxygen atoms in total. The number of thiazole rings is 1. The van der Waals surface area contributed by atoms with Gasteiger partial charge in [-0.1, -0.05) is 51.8 Å². The summed E-state index contributed by atoms with van der Waals surface area (Å²) in [6, 6.07) is 15.7. The monoisotopic (exact) mass is 400 g/mol. The van der Waals surface area contributed by atoms with E-state index in [1.165, 1.54) is 5.56 Å². The Morgan fingerprint density at radius 1 is 1.21 bits per heavy atom. The largest absolute Gasteiger partial charge is 0.352 e. The van der Waals surface area contributed by atoms with Crippen molar-refractivity contribution in [2.75, 3.05) is 6.54 Å². The van der Waals surface area contributed by atoms with E-state index in [4.69, 9.17) is 0 Å². The zero-order chi connectivity index (χ0) is 16.9. The van der Waals surface area contributed by atoms with Crippen LogP contribution in [0.4, 0.5) is 0 Å². The molecule has 0 bridgehead atoms. The third kappa shape index (κ3) is 4.30. The molecule has 0 aliphatic rings. The second-order valence-corrected chi connectivity index (χ2v) is 7.30. The van der Waals surface area contributed by atoms with Crippen molar-refractivity contribution < 1.29 is 4.79 Å². The molecule has 0 radical (unpaired) electrons. The van der Waals surface area contributed by atoms with E-state index >= 15 is 0 Å². The SMILES string of the molecule is Cc1ccc(-c2nc(CCNC(=O)c3cccc(Br)c3)cs2)cc1. The van der Waals surface area contributed by atoms with Gasteiger partial charge in [0.25, 0.3) is 5.91 Å². The zero-order valence-electron chi connectivity index (χ0n) is 13.3. The van der Waals surface area contributed by atoms with Crippen LogP contribution >= 0.6 is 27.3 Å². The van der Waals surface area contributed by atoms with E-state index in [1.54, 1.807) is 17.4 Å². The summed E-state index contributed by atoms with van der Waals surface area (Å²) in [6.07, 6.45) is 0.724. The highest BCUT2D eigenvalue weighted by Gasteiger charge is 2.07. The predicted molar refractivity (Wildman–Crippen MR) is 102 cm³/mol. The van der Waals surface area contributed by atoms with E-state index in [-0.39, 0.29) is 5.91 Å². The highest BCUT2D eigenvalue weighted by atomic mass is 79.9. The van der Waals surface area contributed by atoms with Crippen LogP contribution in [0.3, 0.4) is 0 Å². The first kappa shape index (κ1) is 16.9. The van der Waals surface area contributed by atoms with Crippen LogP contribution in [-0.4, -0.2) is 17.4 Å². The number of hydrogen-bond donors (Lipinski definition) is 1. The van der Waals surface area contributed by atoms with Gasteiger partial charge in [-0.15, -0.1) is 11.3 Å². The minimum absolute atomic E-state index is 0.0645. The van der Waals surface area contributed by atoms with Gasteiger partial charge in [0.1, 0.15) is 5.01 Å². The fourth-order valence-electron chi connectivity index (χ4n) is 2.29. The van der Waals surface area contributed by atoms with Gasteiger partial charge in [0.2, 0.25) is 0 Å². The van der Waals surface area contributed by atoms with Crippen molar-refractivity contribution >= 4 is 33.2 Å². The summed E-state index contributed by atoms with van der Waals surface area (Å²) >= 11 is 5.01. The maximum absolute atomic E-state index is 12.1. The first-order chi connectivity index (χ1) is 11.6. The molecule has 1 amide bonds. The lowest BCUT2D eigenvalue weighted by molar-refractivity contribution is 0.0954. The quantitative estimate of drug-likeness (QED) is 0.664. The average Bonchev–Trinajstić information content (AvgIpc) is 3.04. The van der Waals surface area contributed by atoms with E-state index in [1.807, 2.05) is 18.2 Å². The van der Waals surface area contributed by atoms with Gasteiger partial charge in [0, 0.05) is 33.9 Å². The van der Waals surface area contributed by atoms with Crippen LogP contribution in [-0.2, 0) is 6.42 Å². The Labute approximate surface area is 153 Å². The fourth-order valence-corrected chi connectivity index (χ4v) is 3.55. The Bertz CT molecular complexity index is 843. The smallest absolute Gasteiger partial charge is 0.251 e. The third-order valence-corrected chi connectivity index (χ3v) is 5.04. The minimum Gasteiger partial charge on any atom is -0.352 e. The third-order valence-electron chi connectivity index (χ3n) is 3.60. The maximum Gasteiger partial charge on any atom is 0.251 e. The number of nitrogens with zero attached hydrogens (tertiary/aromatic N) is 1. The van der Waals surface area contributed by atoms with Gasteiger partial charge in [-0.2, -0.15) is 0 Å². The molecular formula is C19H17BrN2OS. The number of halogens is 1.